The van der Waals surface area contributed by atoms with Crippen molar-refractivity contribution in [2.24, 2.45) is 0 Å². The number of carbonyl (C=O) groups is 1. The molecule has 1 N–H and O–H groups in total. The molecule has 0 bridgehead atoms. The maximum atomic E-state index is 11.1. The van der Waals surface area contributed by atoms with Crippen LogP contribution in [0.1, 0.15) is 40.9 Å². The summed E-state index contributed by atoms with van der Waals surface area (Å²) in [6, 6.07) is 11.5. The zero-order valence-electron chi connectivity index (χ0n) is 16.6. The second-order valence-corrected chi connectivity index (χ2v) is 7.73. The Morgan fingerprint density at radius 3 is 1.85 bits per heavy atom. The molecular weight excluding hydrogens is 552 g/mol. The number of aryl methyl sites for hydroxylation is 2. The molecule has 146 valence electrons. The molecular formula is C20H25Br3MgO3. The molecule has 0 aliphatic heterocycles. The summed E-state index contributed by atoms with van der Waals surface area (Å²) < 4.78 is 6.33. The smallest absolute Gasteiger partial charge is 1.00 e. The number of methoxy groups -OCH3 is 1. The molecule has 3 nitrogen and oxygen atoms in total. The number of ether oxygens (including phenoxy) is 1. The molecule has 7 heteroatoms. The average molecular weight is 577 g/mol. The first-order chi connectivity index (χ1) is 11.1. The van der Waals surface area contributed by atoms with Crippen LogP contribution in [0.15, 0.2) is 45.3 Å². The number of halogens is 3. The van der Waals surface area contributed by atoms with E-state index in [0.717, 1.165) is 25.6 Å². The van der Waals surface area contributed by atoms with E-state index in [1.807, 2.05) is 44.2 Å². The number of hydrogen-bond acceptors (Lipinski definition) is 3. The SMILES string of the molecule is COC(=O)c1cc(C)ccc1Br.Cc1ccc(Br)c(C(C)(C)O)c1.[Br-].[CH3-].[Mg+2]. The number of hydrogen-bond donors (Lipinski definition) is 1. The van der Waals surface area contributed by atoms with Gasteiger partial charge in [0.25, 0.3) is 0 Å². The molecule has 0 fully saturated rings. The number of benzene rings is 2. The summed E-state index contributed by atoms with van der Waals surface area (Å²) in [5.41, 5.74) is 2.93. The number of esters is 1. The molecule has 0 saturated heterocycles. The van der Waals surface area contributed by atoms with E-state index >= 15 is 0 Å². The van der Waals surface area contributed by atoms with Crippen molar-refractivity contribution in [3.05, 3.63) is 75.0 Å². The van der Waals surface area contributed by atoms with Crippen LogP contribution < -0.4 is 17.0 Å². The van der Waals surface area contributed by atoms with Crippen LogP contribution in [-0.4, -0.2) is 41.2 Å². The van der Waals surface area contributed by atoms with Gasteiger partial charge >= 0.3 is 29.0 Å². The fraction of sp³-hybridized carbons (Fsp3) is 0.300. The van der Waals surface area contributed by atoms with Gasteiger partial charge in [0.2, 0.25) is 0 Å². The van der Waals surface area contributed by atoms with Gasteiger partial charge in [-0.05, 0) is 67.4 Å². The largest absolute Gasteiger partial charge is 2.00 e. The minimum Gasteiger partial charge on any atom is -1.00 e. The Balaban J connectivity index is -0.000000384. The van der Waals surface area contributed by atoms with Gasteiger partial charge < -0.3 is 34.3 Å². The predicted molar refractivity (Wildman–Crippen MR) is 117 cm³/mol. The van der Waals surface area contributed by atoms with Crippen LogP contribution in [0, 0.1) is 21.3 Å². The Morgan fingerprint density at radius 2 is 1.44 bits per heavy atom. The minimum atomic E-state index is -0.773. The monoisotopic (exact) mass is 574 g/mol. The van der Waals surface area contributed by atoms with E-state index < -0.39 is 5.60 Å². The van der Waals surface area contributed by atoms with Crippen molar-refractivity contribution < 1.29 is 31.6 Å². The predicted octanol–water partition coefficient (Wildman–Crippen LogP) is 2.60. The van der Waals surface area contributed by atoms with Crippen molar-refractivity contribution in [3.8, 4) is 0 Å². The molecule has 0 unspecified atom stereocenters. The number of rotatable bonds is 2. The number of aliphatic hydroxyl groups is 1. The molecule has 0 radical (unpaired) electrons. The van der Waals surface area contributed by atoms with E-state index in [1.54, 1.807) is 19.9 Å². The third kappa shape index (κ3) is 10.4. The van der Waals surface area contributed by atoms with E-state index in [9.17, 15) is 9.90 Å². The van der Waals surface area contributed by atoms with Crippen LogP contribution in [0.3, 0.4) is 0 Å². The van der Waals surface area contributed by atoms with E-state index in [1.165, 1.54) is 7.11 Å². The average Bonchev–Trinajstić information content (AvgIpc) is 2.51. The fourth-order valence-corrected chi connectivity index (χ4v) is 3.15. The normalized spacial score (nSPS) is 9.48. The molecule has 0 aliphatic rings. The maximum Gasteiger partial charge on any atom is 2.00 e. The summed E-state index contributed by atoms with van der Waals surface area (Å²) in [4.78, 5) is 11.1. The minimum absolute atomic E-state index is 0. The van der Waals surface area contributed by atoms with Crippen LogP contribution in [0.2, 0.25) is 0 Å². The standard InChI is InChI=1S/C10H13BrO.C9H9BrO2.CH3.BrH.Mg/c1-7-4-5-9(11)8(6-7)10(2,3)12;1-6-3-4-8(10)7(5-6)9(11)12-2;;;/h4-6,12H,1-3H3;3-5H,1-2H3;1H3;1H;/q;;-1;;+2/p-1. The molecule has 2 aromatic carbocycles. The van der Waals surface area contributed by atoms with Crippen LogP contribution in [0.25, 0.3) is 0 Å². The second kappa shape index (κ2) is 14.1. The molecule has 0 amide bonds. The van der Waals surface area contributed by atoms with Crippen molar-refractivity contribution in [2.45, 2.75) is 33.3 Å². The molecule has 2 aromatic rings. The van der Waals surface area contributed by atoms with E-state index in [-0.39, 0.29) is 53.4 Å². The molecule has 0 heterocycles. The Morgan fingerprint density at radius 1 is 1.00 bits per heavy atom. The van der Waals surface area contributed by atoms with Gasteiger partial charge in [0.05, 0.1) is 18.3 Å². The Hall–Kier alpha value is 0.0762. The summed E-state index contributed by atoms with van der Waals surface area (Å²) >= 11 is 6.68. The van der Waals surface area contributed by atoms with Gasteiger partial charge in [-0.2, -0.15) is 0 Å². The zero-order chi connectivity index (χ0) is 18.5. The van der Waals surface area contributed by atoms with Crippen LogP contribution >= 0.6 is 31.9 Å². The first-order valence-corrected chi connectivity index (χ1v) is 8.98. The third-order valence-electron chi connectivity index (χ3n) is 3.31. The summed E-state index contributed by atoms with van der Waals surface area (Å²) in [7, 11) is 1.37. The van der Waals surface area contributed by atoms with Gasteiger partial charge in [-0.1, -0.05) is 45.3 Å². The fourth-order valence-electron chi connectivity index (χ4n) is 2.01. The quantitative estimate of drug-likeness (QED) is 0.340. The van der Waals surface area contributed by atoms with Crippen molar-refractivity contribution in [2.75, 3.05) is 7.11 Å². The molecule has 27 heavy (non-hydrogen) atoms. The van der Waals surface area contributed by atoms with E-state index in [0.29, 0.717) is 5.56 Å². The molecule has 0 atom stereocenters. The van der Waals surface area contributed by atoms with Gasteiger partial charge in [-0.3, -0.25) is 0 Å². The summed E-state index contributed by atoms with van der Waals surface area (Å²) in [5, 5.41) is 9.76. The Labute approximate surface area is 206 Å². The van der Waals surface area contributed by atoms with Crippen molar-refractivity contribution in [3.63, 3.8) is 0 Å². The van der Waals surface area contributed by atoms with Crippen molar-refractivity contribution >= 4 is 60.9 Å². The van der Waals surface area contributed by atoms with E-state index in [2.05, 4.69) is 36.6 Å². The van der Waals surface area contributed by atoms with Gasteiger partial charge in [0, 0.05) is 8.95 Å². The molecule has 0 saturated carbocycles. The zero-order valence-corrected chi connectivity index (χ0v) is 22.7. The second-order valence-electron chi connectivity index (χ2n) is 6.02. The van der Waals surface area contributed by atoms with Gasteiger partial charge in [0.15, 0.2) is 0 Å². The Kier molecular flexibility index (Phi) is 16.6. The molecule has 2 rings (SSSR count). The molecule has 0 aliphatic carbocycles. The molecule has 0 aromatic heterocycles. The van der Waals surface area contributed by atoms with Crippen LogP contribution in [0.5, 0.6) is 0 Å². The van der Waals surface area contributed by atoms with Crippen LogP contribution in [0.4, 0.5) is 0 Å². The van der Waals surface area contributed by atoms with Gasteiger partial charge in [0.1, 0.15) is 0 Å². The van der Waals surface area contributed by atoms with Crippen LogP contribution in [-0.2, 0) is 10.3 Å². The first-order valence-electron chi connectivity index (χ1n) is 7.39. The van der Waals surface area contributed by atoms with Crippen molar-refractivity contribution in [1.29, 1.82) is 0 Å². The van der Waals surface area contributed by atoms with Gasteiger partial charge in [-0.15, -0.1) is 0 Å². The van der Waals surface area contributed by atoms with E-state index in [4.69, 9.17) is 0 Å². The maximum absolute atomic E-state index is 11.1. The number of carbonyl (C=O) groups excluding carboxylic acids is 1. The van der Waals surface area contributed by atoms with Gasteiger partial charge in [-0.25, -0.2) is 4.79 Å². The summed E-state index contributed by atoms with van der Waals surface area (Å²) in [6.07, 6.45) is 0. The summed E-state index contributed by atoms with van der Waals surface area (Å²) in [6.45, 7) is 7.51. The third-order valence-corrected chi connectivity index (χ3v) is 4.69. The molecule has 0 spiro atoms. The summed E-state index contributed by atoms with van der Waals surface area (Å²) in [5.74, 6) is -0.314. The van der Waals surface area contributed by atoms with Crippen molar-refractivity contribution in [1.82, 2.24) is 0 Å². The topological polar surface area (TPSA) is 46.5 Å². The Bertz CT molecular complexity index is 729. The first kappa shape index (κ1) is 31.8.